The molecule has 2 aromatic rings. The molecule has 0 aliphatic carbocycles. The highest BCUT2D eigenvalue weighted by Crippen LogP contribution is 2.26. The van der Waals surface area contributed by atoms with Crippen LogP contribution < -0.4 is 5.32 Å². The Bertz CT molecular complexity index is 672. The van der Waals surface area contributed by atoms with Crippen LogP contribution in [0.5, 0.6) is 0 Å². The summed E-state index contributed by atoms with van der Waals surface area (Å²) in [6, 6.07) is 10.0. The van der Waals surface area contributed by atoms with E-state index in [-0.39, 0.29) is 11.8 Å². The van der Waals surface area contributed by atoms with Crippen LogP contribution in [0, 0.1) is 0 Å². The van der Waals surface area contributed by atoms with Gasteiger partial charge >= 0.3 is 0 Å². The Morgan fingerprint density at radius 1 is 1.17 bits per heavy atom. The Balaban J connectivity index is 1.58. The number of thiophene rings is 1. The molecule has 1 aromatic carbocycles. The van der Waals surface area contributed by atoms with Crippen LogP contribution in [0.15, 0.2) is 30.3 Å². The second-order valence-electron chi connectivity index (χ2n) is 5.67. The van der Waals surface area contributed by atoms with Gasteiger partial charge in [0.05, 0.1) is 11.4 Å². The minimum Gasteiger partial charge on any atom is -0.355 e. The summed E-state index contributed by atoms with van der Waals surface area (Å²) in [5.74, 6) is 0.153. The predicted octanol–water partition coefficient (Wildman–Crippen LogP) is 1.80. The number of amides is 2. The van der Waals surface area contributed by atoms with E-state index >= 15 is 0 Å². The van der Waals surface area contributed by atoms with Crippen molar-refractivity contribution in [1.82, 2.24) is 15.1 Å². The fraction of sp³-hybridized carbons (Fsp3) is 0.412. The van der Waals surface area contributed by atoms with Gasteiger partial charge in [-0.3, -0.25) is 14.5 Å². The van der Waals surface area contributed by atoms with Gasteiger partial charge in [-0.25, -0.2) is 0 Å². The van der Waals surface area contributed by atoms with Gasteiger partial charge in [-0.2, -0.15) is 0 Å². The van der Waals surface area contributed by atoms with Crippen LogP contribution in [0.25, 0.3) is 10.1 Å². The standard InChI is InChI=1S/C17H21N3O2S/c1-2-18-16(21)12-19-7-9-20(10-8-19)17(22)15-11-13-5-3-4-6-14(13)23-15/h3-6,11H,2,7-10,12H2,1H3,(H,18,21). The fourth-order valence-corrected chi connectivity index (χ4v) is 3.84. The van der Waals surface area contributed by atoms with Gasteiger partial charge in [0.1, 0.15) is 0 Å². The molecule has 1 aromatic heterocycles. The third-order valence-electron chi connectivity index (χ3n) is 4.04. The molecule has 0 radical (unpaired) electrons. The molecule has 1 aliphatic rings. The molecule has 1 aliphatic heterocycles. The molecule has 0 unspecified atom stereocenters. The second-order valence-corrected chi connectivity index (χ2v) is 6.75. The number of nitrogens with one attached hydrogen (secondary N) is 1. The summed E-state index contributed by atoms with van der Waals surface area (Å²) < 4.78 is 1.14. The third kappa shape index (κ3) is 3.71. The lowest BCUT2D eigenvalue weighted by Gasteiger charge is -2.34. The summed E-state index contributed by atoms with van der Waals surface area (Å²) in [4.78, 5) is 29.0. The first-order valence-corrected chi connectivity index (χ1v) is 8.76. The van der Waals surface area contributed by atoms with Gasteiger partial charge in [-0.1, -0.05) is 18.2 Å². The molecule has 0 atom stereocenters. The molecule has 3 rings (SSSR count). The van der Waals surface area contributed by atoms with Crippen molar-refractivity contribution in [2.45, 2.75) is 6.92 Å². The van der Waals surface area contributed by atoms with Crippen LogP contribution in [0.3, 0.4) is 0 Å². The van der Waals surface area contributed by atoms with Crippen LogP contribution >= 0.6 is 11.3 Å². The topological polar surface area (TPSA) is 52.7 Å². The molecule has 23 heavy (non-hydrogen) atoms. The van der Waals surface area contributed by atoms with Gasteiger partial charge in [-0.05, 0) is 24.4 Å². The zero-order valence-corrected chi connectivity index (χ0v) is 14.1. The summed E-state index contributed by atoms with van der Waals surface area (Å²) in [5, 5.41) is 3.93. The first-order chi connectivity index (χ1) is 11.2. The fourth-order valence-electron chi connectivity index (χ4n) is 2.81. The highest BCUT2D eigenvalue weighted by Gasteiger charge is 2.24. The van der Waals surface area contributed by atoms with Gasteiger partial charge in [0.25, 0.3) is 5.91 Å². The minimum atomic E-state index is 0.0526. The second kappa shape index (κ2) is 7.10. The molecule has 1 N–H and O–H groups in total. The lowest BCUT2D eigenvalue weighted by atomic mass is 10.2. The third-order valence-corrected chi connectivity index (χ3v) is 5.14. The molecule has 0 saturated carbocycles. The molecule has 122 valence electrons. The Hall–Kier alpha value is -1.92. The first kappa shape index (κ1) is 16.0. The molecule has 1 saturated heterocycles. The normalized spacial score (nSPS) is 15.8. The predicted molar refractivity (Wildman–Crippen MR) is 92.9 cm³/mol. The van der Waals surface area contributed by atoms with Crippen LogP contribution in [0.2, 0.25) is 0 Å². The van der Waals surface area contributed by atoms with Gasteiger partial charge in [0, 0.05) is 37.4 Å². The van der Waals surface area contributed by atoms with Gasteiger partial charge < -0.3 is 10.2 Å². The summed E-state index contributed by atoms with van der Waals surface area (Å²) in [6.45, 7) is 5.82. The van der Waals surface area contributed by atoms with E-state index in [1.54, 1.807) is 11.3 Å². The molecular weight excluding hydrogens is 310 g/mol. The highest BCUT2D eigenvalue weighted by molar-refractivity contribution is 7.20. The SMILES string of the molecule is CCNC(=O)CN1CCN(C(=O)c2cc3ccccc3s2)CC1. The van der Waals surface area contributed by atoms with E-state index in [9.17, 15) is 9.59 Å². The molecule has 2 heterocycles. The van der Waals surface area contributed by atoms with Crippen molar-refractivity contribution in [3.63, 3.8) is 0 Å². The van der Waals surface area contributed by atoms with Crippen molar-refractivity contribution in [3.05, 3.63) is 35.2 Å². The maximum absolute atomic E-state index is 12.6. The smallest absolute Gasteiger partial charge is 0.264 e. The van der Waals surface area contributed by atoms with Crippen molar-refractivity contribution < 1.29 is 9.59 Å². The Labute approximate surface area is 139 Å². The number of benzene rings is 1. The van der Waals surface area contributed by atoms with Crippen LogP contribution in [0.4, 0.5) is 0 Å². The lowest BCUT2D eigenvalue weighted by molar-refractivity contribution is -0.122. The van der Waals surface area contributed by atoms with Gasteiger partial charge in [0.15, 0.2) is 0 Å². The van der Waals surface area contributed by atoms with Crippen molar-refractivity contribution in [1.29, 1.82) is 0 Å². The maximum Gasteiger partial charge on any atom is 0.264 e. The summed E-state index contributed by atoms with van der Waals surface area (Å²) >= 11 is 1.55. The Kier molecular flexibility index (Phi) is 4.93. The number of carbonyl (C=O) groups excluding carboxylic acids is 2. The van der Waals surface area contributed by atoms with E-state index in [0.717, 1.165) is 28.1 Å². The molecular formula is C17H21N3O2S. The van der Waals surface area contributed by atoms with E-state index in [1.807, 2.05) is 42.2 Å². The number of fused-ring (bicyclic) bond motifs is 1. The number of hydrogen-bond acceptors (Lipinski definition) is 4. The van der Waals surface area contributed by atoms with E-state index in [2.05, 4.69) is 10.2 Å². The average molecular weight is 331 g/mol. The zero-order valence-electron chi connectivity index (χ0n) is 13.2. The molecule has 6 heteroatoms. The van der Waals surface area contributed by atoms with Crippen LogP contribution in [-0.4, -0.2) is 60.9 Å². The van der Waals surface area contributed by atoms with Crippen molar-refractivity contribution >= 4 is 33.2 Å². The number of nitrogens with zero attached hydrogens (tertiary/aromatic N) is 2. The first-order valence-electron chi connectivity index (χ1n) is 7.94. The zero-order chi connectivity index (χ0) is 16.2. The minimum absolute atomic E-state index is 0.0526. The molecule has 1 fully saturated rings. The van der Waals surface area contributed by atoms with Crippen LogP contribution in [0.1, 0.15) is 16.6 Å². The maximum atomic E-state index is 12.6. The Morgan fingerprint density at radius 2 is 1.91 bits per heavy atom. The van der Waals surface area contributed by atoms with Crippen molar-refractivity contribution in [3.8, 4) is 0 Å². The van der Waals surface area contributed by atoms with Gasteiger partial charge in [-0.15, -0.1) is 11.3 Å². The number of hydrogen-bond donors (Lipinski definition) is 1. The molecule has 0 bridgehead atoms. The summed E-state index contributed by atoms with van der Waals surface area (Å²) in [7, 11) is 0. The van der Waals surface area contributed by atoms with Gasteiger partial charge in [0.2, 0.25) is 5.91 Å². The van der Waals surface area contributed by atoms with E-state index in [0.29, 0.717) is 26.2 Å². The lowest BCUT2D eigenvalue weighted by Crippen LogP contribution is -2.51. The number of likely N-dealkylation sites (N-methyl/N-ethyl adjacent to an activating group) is 1. The average Bonchev–Trinajstić information content (AvgIpc) is 2.99. The molecule has 0 spiro atoms. The quantitative estimate of drug-likeness (QED) is 0.929. The van der Waals surface area contributed by atoms with E-state index in [1.165, 1.54) is 0 Å². The van der Waals surface area contributed by atoms with Crippen molar-refractivity contribution in [2.24, 2.45) is 0 Å². The summed E-state index contributed by atoms with van der Waals surface area (Å²) in [6.07, 6.45) is 0. The van der Waals surface area contributed by atoms with Crippen LogP contribution in [-0.2, 0) is 4.79 Å². The highest BCUT2D eigenvalue weighted by atomic mass is 32.1. The van der Waals surface area contributed by atoms with E-state index < -0.39 is 0 Å². The summed E-state index contributed by atoms with van der Waals surface area (Å²) in [5.41, 5.74) is 0. The number of piperazine rings is 1. The van der Waals surface area contributed by atoms with Crippen molar-refractivity contribution in [2.75, 3.05) is 39.3 Å². The number of carbonyl (C=O) groups is 2. The molecule has 5 nitrogen and oxygen atoms in total. The monoisotopic (exact) mass is 331 g/mol. The van der Waals surface area contributed by atoms with E-state index in [4.69, 9.17) is 0 Å². The molecule has 2 amide bonds. The Morgan fingerprint density at radius 3 is 2.61 bits per heavy atom. The largest absolute Gasteiger partial charge is 0.355 e. The number of rotatable bonds is 4.